The lowest BCUT2D eigenvalue weighted by Crippen LogP contribution is -2.08. The van der Waals surface area contributed by atoms with Crippen LogP contribution in [0.25, 0.3) is 11.1 Å². The van der Waals surface area contributed by atoms with Crippen LogP contribution in [-0.4, -0.2) is 20.2 Å². The third-order valence-corrected chi connectivity index (χ3v) is 4.76. The predicted molar refractivity (Wildman–Crippen MR) is 95.4 cm³/mol. The van der Waals surface area contributed by atoms with Gasteiger partial charge in [-0.25, -0.2) is 9.18 Å². The summed E-state index contributed by atoms with van der Waals surface area (Å²) in [6.45, 7) is 2.15. The Morgan fingerprint density at radius 3 is 2.56 bits per heavy atom. The number of carbonyl (C=O) groups excluding carboxylic acids is 1. The van der Waals surface area contributed by atoms with Crippen molar-refractivity contribution in [1.29, 1.82) is 0 Å². The average molecular weight is 340 g/mol. The Morgan fingerprint density at radius 1 is 1.12 bits per heavy atom. The minimum absolute atomic E-state index is 0.130. The first kappa shape index (κ1) is 17.2. The Kier molecular flexibility index (Phi) is 4.88. The number of methoxy groups -OCH3 is 2. The van der Waals surface area contributed by atoms with Gasteiger partial charge in [0, 0.05) is 11.5 Å². The molecule has 0 amide bonds. The lowest BCUT2D eigenvalue weighted by molar-refractivity contribution is 0.0600. The standard InChI is InChI=1S/C21H21FO3/c1-13-5-4-6-16(13)18-11-14(21(23)25-3)7-9-17(18)19-12-15(24-2)8-10-20(19)22/h4,6-13,16H,5H2,1-3H3. The molecule has 1 aliphatic carbocycles. The molecule has 0 aliphatic heterocycles. The van der Waals surface area contributed by atoms with Crippen molar-refractivity contribution in [2.45, 2.75) is 19.3 Å². The number of esters is 1. The molecule has 1 aliphatic rings. The van der Waals surface area contributed by atoms with Crippen LogP contribution >= 0.6 is 0 Å². The van der Waals surface area contributed by atoms with E-state index >= 15 is 0 Å². The van der Waals surface area contributed by atoms with E-state index in [1.807, 2.05) is 6.07 Å². The van der Waals surface area contributed by atoms with Crippen LogP contribution in [0.3, 0.4) is 0 Å². The highest BCUT2D eigenvalue weighted by Crippen LogP contribution is 2.41. The van der Waals surface area contributed by atoms with Crippen LogP contribution in [0.1, 0.15) is 35.2 Å². The monoisotopic (exact) mass is 340 g/mol. The lowest BCUT2D eigenvalue weighted by atomic mass is 9.84. The second-order valence-corrected chi connectivity index (χ2v) is 6.31. The van der Waals surface area contributed by atoms with Crippen molar-refractivity contribution < 1.29 is 18.7 Å². The van der Waals surface area contributed by atoms with Crippen LogP contribution in [0.2, 0.25) is 0 Å². The van der Waals surface area contributed by atoms with Crippen molar-refractivity contribution in [3.05, 3.63) is 65.5 Å². The molecule has 2 aromatic rings. The quantitative estimate of drug-likeness (QED) is 0.582. The van der Waals surface area contributed by atoms with Gasteiger partial charge in [0.05, 0.1) is 19.8 Å². The van der Waals surface area contributed by atoms with E-state index in [0.717, 1.165) is 17.5 Å². The zero-order valence-corrected chi connectivity index (χ0v) is 14.6. The van der Waals surface area contributed by atoms with Gasteiger partial charge in [0.1, 0.15) is 11.6 Å². The van der Waals surface area contributed by atoms with E-state index in [9.17, 15) is 9.18 Å². The van der Waals surface area contributed by atoms with Crippen molar-refractivity contribution in [2.75, 3.05) is 14.2 Å². The van der Waals surface area contributed by atoms with Gasteiger partial charge in [-0.15, -0.1) is 0 Å². The number of rotatable bonds is 4. The van der Waals surface area contributed by atoms with Crippen molar-refractivity contribution >= 4 is 5.97 Å². The van der Waals surface area contributed by atoms with Gasteiger partial charge in [0.15, 0.2) is 0 Å². The summed E-state index contributed by atoms with van der Waals surface area (Å²) in [6, 6.07) is 9.97. The molecule has 25 heavy (non-hydrogen) atoms. The molecule has 0 saturated heterocycles. The van der Waals surface area contributed by atoms with E-state index in [1.54, 1.807) is 31.4 Å². The molecule has 0 fully saturated rings. The van der Waals surface area contributed by atoms with E-state index in [2.05, 4.69) is 19.1 Å². The van der Waals surface area contributed by atoms with Gasteiger partial charge in [-0.05, 0) is 53.8 Å². The van der Waals surface area contributed by atoms with E-state index in [-0.39, 0.29) is 11.7 Å². The summed E-state index contributed by atoms with van der Waals surface area (Å²) in [7, 11) is 2.91. The first-order valence-electron chi connectivity index (χ1n) is 8.28. The van der Waals surface area contributed by atoms with E-state index in [1.165, 1.54) is 13.2 Å². The first-order valence-corrected chi connectivity index (χ1v) is 8.28. The molecule has 0 radical (unpaired) electrons. The summed E-state index contributed by atoms with van der Waals surface area (Å²) in [5, 5.41) is 0. The molecule has 0 bridgehead atoms. The van der Waals surface area contributed by atoms with Crippen LogP contribution < -0.4 is 4.74 Å². The molecule has 2 unspecified atom stereocenters. The van der Waals surface area contributed by atoms with E-state index in [0.29, 0.717) is 22.8 Å². The molecular formula is C21H21FO3. The Hall–Kier alpha value is -2.62. The smallest absolute Gasteiger partial charge is 0.337 e. The normalized spacial score (nSPS) is 19.0. The van der Waals surface area contributed by atoms with E-state index < -0.39 is 5.97 Å². The summed E-state index contributed by atoms with van der Waals surface area (Å²) < 4.78 is 24.6. The van der Waals surface area contributed by atoms with Crippen LogP contribution in [0.15, 0.2) is 48.6 Å². The molecule has 0 N–H and O–H groups in total. The van der Waals surface area contributed by atoms with Gasteiger partial charge in [0.25, 0.3) is 0 Å². The maximum absolute atomic E-state index is 14.5. The number of hydrogen-bond acceptors (Lipinski definition) is 3. The lowest BCUT2D eigenvalue weighted by Gasteiger charge is -2.21. The van der Waals surface area contributed by atoms with Crippen molar-refractivity contribution in [3.8, 4) is 16.9 Å². The zero-order valence-electron chi connectivity index (χ0n) is 14.6. The van der Waals surface area contributed by atoms with Crippen LogP contribution in [0.4, 0.5) is 4.39 Å². The highest BCUT2D eigenvalue weighted by atomic mass is 19.1. The summed E-state index contributed by atoms with van der Waals surface area (Å²) in [4.78, 5) is 11.9. The minimum atomic E-state index is -0.395. The average Bonchev–Trinajstić information content (AvgIpc) is 3.07. The number of allylic oxidation sites excluding steroid dienone is 2. The van der Waals surface area contributed by atoms with Crippen LogP contribution in [0.5, 0.6) is 5.75 Å². The largest absolute Gasteiger partial charge is 0.497 e. The Bertz CT molecular complexity index is 826. The third kappa shape index (κ3) is 3.29. The predicted octanol–water partition coefficient (Wildman–Crippen LogP) is 4.97. The molecule has 130 valence electrons. The van der Waals surface area contributed by atoms with Crippen LogP contribution in [0, 0.1) is 11.7 Å². The molecule has 0 saturated carbocycles. The number of benzene rings is 2. The van der Waals surface area contributed by atoms with Crippen molar-refractivity contribution in [2.24, 2.45) is 5.92 Å². The molecule has 2 atom stereocenters. The third-order valence-electron chi connectivity index (χ3n) is 4.76. The Balaban J connectivity index is 2.19. The molecular weight excluding hydrogens is 319 g/mol. The van der Waals surface area contributed by atoms with Gasteiger partial charge < -0.3 is 9.47 Å². The fraction of sp³-hybridized carbons (Fsp3) is 0.286. The molecule has 0 heterocycles. The molecule has 3 rings (SSSR count). The maximum Gasteiger partial charge on any atom is 0.337 e. The summed E-state index contributed by atoms with van der Waals surface area (Å²) in [5.74, 6) is 0.399. The zero-order chi connectivity index (χ0) is 18.0. The molecule has 0 spiro atoms. The Labute approximate surface area is 147 Å². The minimum Gasteiger partial charge on any atom is -0.497 e. The summed E-state index contributed by atoms with van der Waals surface area (Å²) in [5.41, 5.74) is 2.64. The SMILES string of the molecule is COC(=O)c1ccc(-c2cc(OC)ccc2F)c(C2C=CCC2C)c1. The summed E-state index contributed by atoms with van der Waals surface area (Å²) in [6.07, 6.45) is 5.22. The summed E-state index contributed by atoms with van der Waals surface area (Å²) >= 11 is 0. The fourth-order valence-electron chi connectivity index (χ4n) is 3.35. The van der Waals surface area contributed by atoms with Gasteiger partial charge in [0.2, 0.25) is 0 Å². The molecule has 2 aromatic carbocycles. The van der Waals surface area contributed by atoms with Gasteiger partial charge in [-0.2, -0.15) is 0 Å². The fourth-order valence-corrected chi connectivity index (χ4v) is 3.35. The van der Waals surface area contributed by atoms with Crippen molar-refractivity contribution in [1.82, 2.24) is 0 Å². The second-order valence-electron chi connectivity index (χ2n) is 6.31. The number of halogens is 1. The highest BCUT2D eigenvalue weighted by Gasteiger charge is 2.25. The van der Waals surface area contributed by atoms with Gasteiger partial charge in [-0.3, -0.25) is 0 Å². The molecule has 0 aromatic heterocycles. The second kappa shape index (κ2) is 7.09. The number of carbonyl (C=O) groups is 1. The van der Waals surface area contributed by atoms with Gasteiger partial charge in [-0.1, -0.05) is 25.1 Å². The topological polar surface area (TPSA) is 35.5 Å². The molecule has 4 heteroatoms. The highest BCUT2D eigenvalue weighted by molar-refractivity contribution is 5.91. The van der Waals surface area contributed by atoms with Gasteiger partial charge >= 0.3 is 5.97 Å². The Morgan fingerprint density at radius 2 is 1.92 bits per heavy atom. The molecule has 3 nitrogen and oxygen atoms in total. The number of hydrogen-bond donors (Lipinski definition) is 0. The first-order chi connectivity index (χ1) is 12.0. The van der Waals surface area contributed by atoms with Crippen LogP contribution in [-0.2, 0) is 4.74 Å². The maximum atomic E-state index is 14.5. The number of ether oxygens (including phenoxy) is 2. The van der Waals surface area contributed by atoms with E-state index in [4.69, 9.17) is 9.47 Å². The van der Waals surface area contributed by atoms with Crippen molar-refractivity contribution in [3.63, 3.8) is 0 Å².